The second-order valence-corrected chi connectivity index (χ2v) is 6.78. The molecule has 2 heterocycles. The molecule has 2 amide bonds. The van der Waals surface area contributed by atoms with Gasteiger partial charge in [0.2, 0.25) is 0 Å². The Morgan fingerprint density at radius 3 is 2.43 bits per heavy atom. The molecule has 0 bridgehead atoms. The lowest BCUT2D eigenvalue weighted by Gasteiger charge is -2.28. The first-order valence-electron chi connectivity index (χ1n) is 9.00. The summed E-state index contributed by atoms with van der Waals surface area (Å²) < 4.78 is 27.8. The molecule has 1 fully saturated rings. The van der Waals surface area contributed by atoms with Gasteiger partial charge in [-0.25, -0.2) is 13.6 Å². The lowest BCUT2D eigenvalue weighted by Crippen LogP contribution is -2.39. The van der Waals surface area contributed by atoms with E-state index < -0.39 is 11.6 Å². The fourth-order valence-corrected chi connectivity index (χ4v) is 3.10. The normalized spacial score (nSPS) is 13.2. The number of halogens is 3. The first-order chi connectivity index (χ1) is 14.4. The number of pyridine rings is 1. The van der Waals surface area contributed by atoms with Crippen LogP contribution in [0.5, 0.6) is 0 Å². The second-order valence-electron chi connectivity index (χ2n) is 6.35. The zero-order chi connectivity index (χ0) is 22.1. The highest BCUT2D eigenvalue weighted by Gasteiger charge is 2.20. The quantitative estimate of drug-likeness (QED) is 0.630. The maximum atomic E-state index is 13.9. The number of rotatable bonds is 3. The molecule has 2 aromatic rings. The molecule has 1 saturated heterocycles. The van der Waals surface area contributed by atoms with Crippen molar-refractivity contribution in [2.75, 3.05) is 18.4 Å². The van der Waals surface area contributed by atoms with Crippen LogP contribution in [0, 0.1) is 11.6 Å². The summed E-state index contributed by atoms with van der Waals surface area (Å²) in [6.45, 7) is 0.964. The van der Waals surface area contributed by atoms with Crippen molar-refractivity contribution in [1.82, 2.24) is 9.88 Å². The lowest BCUT2D eigenvalue weighted by atomic mass is 10.0. The van der Waals surface area contributed by atoms with Crippen LogP contribution in [-0.2, 0) is 11.3 Å². The molecule has 30 heavy (non-hydrogen) atoms. The van der Waals surface area contributed by atoms with E-state index in [0.717, 1.165) is 17.7 Å². The van der Waals surface area contributed by atoms with E-state index in [4.69, 9.17) is 27.2 Å². The number of aromatic nitrogens is 1. The van der Waals surface area contributed by atoms with Gasteiger partial charge in [0.05, 0.1) is 5.69 Å². The molecule has 0 saturated carbocycles. The zero-order valence-corrected chi connectivity index (χ0v) is 16.7. The van der Waals surface area contributed by atoms with Crippen molar-refractivity contribution in [2.24, 2.45) is 5.73 Å². The minimum atomic E-state index is -0.693. The number of likely N-dealkylation sites (tertiary alicyclic amines) is 1. The summed E-state index contributed by atoms with van der Waals surface area (Å²) in [4.78, 5) is 26.5. The lowest BCUT2D eigenvalue weighted by molar-refractivity contribution is -0.122. The standard InChI is InChI=1S/C19H19ClF2N4O.CH2O2/c20-13-8-17(21)16(18(22)9-13)7-12-2-5-26(6-3-12)19(27)25-14-1-4-24-15(10-14)11-23;2-1-3/h1,4,7-10H,2-3,5-6,11,23H2,(H,24,25,27);1H,(H,2,3). The van der Waals surface area contributed by atoms with E-state index in [2.05, 4.69) is 10.3 Å². The zero-order valence-electron chi connectivity index (χ0n) is 15.9. The van der Waals surface area contributed by atoms with Gasteiger partial charge in [-0.3, -0.25) is 9.78 Å². The minimum Gasteiger partial charge on any atom is -0.483 e. The number of hydrogen-bond acceptors (Lipinski definition) is 4. The van der Waals surface area contributed by atoms with E-state index >= 15 is 0 Å². The number of nitrogens with one attached hydrogen (secondary N) is 1. The van der Waals surface area contributed by atoms with Crippen LogP contribution in [0.1, 0.15) is 24.1 Å². The molecule has 3 rings (SSSR count). The Hall–Kier alpha value is -3.04. The van der Waals surface area contributed by atoms with Crippen LogP contribution in [-0.4, -0.2) is 40.6 Å². The van der Waals surface area contributed by atoms with Crippen LogP contribution in [0.2, 0.25) is 5.02 Å². The van der Waals surface area contributed by atoms with E-state index in [9.17, 15) is 13.6 Å². The van der Waals surface area contributed by atoms with Crippen LogP contribution in [0.3, 0.4) is 0 Å². The van der Waals surface area contributed by atoms with E-state index in [0.29, 0.717) is 43.9 Å². The second kappa shape index (κ2) is 11.2. The maximum Gasteiger partial charge on any atom is 0.321 e. The van der Waals surface area contributed by atoms with Crippen molar-refractivity contribution in [3.05, 3.63) is 63.9 Å². The van der Waals surface area contributed by atoms with Crippen molar-refractivity contribution in [2.45, 2.75) is 19.4 Å². The number of amides is 2. The molecule has 1 aromatic carbocycles. The molecule has 160 valence electrons. The molecule has 1 aromatic heterocycles. The Kier molecular flexibility index (Phi) is 8.70. The van der Waals surface area contributed by atoms with Gasteiger partial charge in [-0.2, -0.15) is 0 Å². The topological polar surface area (TPSA) is 109 Å². The van der Waals surface area contributed by atoms with Crippen molar-refractivity contribution >= 4 is 35.9 Å². The Morgan fingerprint density at radius 1 is 1.27 bits per heavy atom. The summed E-state index contributed by atoms with van der Waals surface area (Å²) in [5.41, 5.74) is 7.64. The number of carbonyl (C=O) groups is 2. The average molecular weight is 439 g/mol. The molecule has 0 unspecified atom stereocenters. The number of urea groups is 1. The molecule has 0 radical (unpaired) electrons. The number of nitrogens with zero attached hydrogens (tertiary/aromatic N) is 2. The fraction of sp³-hybridized carbons (Fsp3) is 0.250. The van der Waals surface area contributed by atoms with Gasteiger partial charge in [0, 0.05) is 42.1 Å². The monoisotopic (exact) mass is 438 g/mol. The number of hydrogen-bond donors (Lipinski definition) is 3. The van der Waals surface area contributed by atoms with Crippen LogP contribution >= 0.6 is 11.6 Å². The predicted molar refractivity (Wildman–Crippen MR) is 110 cm³/mol. The number of piperidine rings is 1. The molecule has 1 aliphatic heterocycles. The van der Waals surface area contributed by atoms with Gasteiger partial charge < -0.3 is 21.1 Å². The Balaban J connectivity index is 0.00000101. The third-order valence-electron chi connectivity index (χ3n) is 4.36. The molecular formula is C20H21ClF2N4O3. The number of nitrogens with two attached hydrogens (primary N) is 1. The fourth-order valence-electron chi connectivity index (χ4n) is 2.91. The van der Waals surface area contributed by atoms with Crippen molar-refractivity contribution in [3.8, 4) is 0 Å². The third kappa shape index (κ3) is 6.50. The van der Waals surface area contributed by atoms with Crippen molar-refractivity contribution in [3.63, 3.8) is 0 Å². The van der Waals surface area contributed by atoms with Crippen LogP contribution in [0.15, 0.2) is 36.0 Å². The van der Waals surface area contributed by atoms with Gasteiger partial charge >= 0.3 is 6.03 Å². The Bertz CT molecular complexity index is 907. The molecule has 7 nitrogen and oxygen atoms in total. The maximum absolute atomic E-state index is 13.9. The molecule has 0 spiro atoms. The summed E-state index contributed by atoms with van der Waals surface area (Å²) in [5, 5.41) is 9.72. The van der Waals surface area contributed by atoms with Crippen LogP contribution in [0.4, 0.5) is 19.3 Å². The van der Waals surface area contributed by atoms with Crippen molar-refractivity contribution < 1.29 is 23.5 Å². The molecule has 4 N–H and O–H groups in total. The first-order valence-corrected chi connectivity index (χ1v) is 9.38. The highest BCUT2D eigenvalue weighted by Crippen LogP contribution is 2.25. The van der Waals surface area contributed by atoms with E-state index in [1.807, 2.05) is 0 Å². The predicted octanol–water partition coefficient (Wildman–Crippen LogP) is 3.88. The summed E-state index contributed by atoms with van der Waals surface area (Å²) >= 11 is 5.64. The number of carbonyl (C=O) groups excluding carboxylic acids is 1. The van der Waals surface area contributed by atoms with Crippen molar-refractivity contribution in [1.29, 1.82) is 0 Å². The van der Waals surface area contributed by atoms with E-state index in [-0.39, 0.29) is 23.1 Å². The summed E-state index contributed by atoms with van der Waals surface area (Å²) in [5.74, 6) is -1.39. The molecule has 0 atom stereocenters. The molecular weight excluding hydrogens is 418 g/mol. The third-order valence-corrected chi connectivity index (χ3v) is 4.58. The number of benzene rings is 1. The minimum absolute atomic E-state index is 0.0209. The van der Waals surface area contributed by atoms with E-state index in [1.54, 1.807) is 23.2 Å². The largest absolute Gasteiger partial charge is 0.483 e. The number of carboxylic acid groups (broad SMARTS) is 1. The molecule has 1 aliphatic rings. The van der Waals surface area contributed by atoms with Gasteiger partial charge in [0.15, 0.2) is 0 Å². The molecule has 10 heteroatoms. The smallest absolute Gasteiger partial charge is 0.321 e. The average Bonchev–Trinajstić information content (AvgIpc) is 2.72. The summed E-state index contributed by atoms with van der Waals surface area (Å²) in [6.07, 6.45) is 4.18. The summed E-state index contributed by atoms with van der Waals surface area (Å²) in [6, 6.07) is 5.36. The first kappa shape index (κ1) is 23.2. The van der Waals surface area contributed by atoms with Gasteiger partial charge in [-0.05, 0) is 43.2 Å². The van der Waals surface area contributed by atoms with Gasteiger partial charge in [0.25, 0.3) is 6.47 Å². The van der Waals surface area contributed by atoms with Crippen LogP contribution in [0.25, 0.3) is 6.08 Å². The van der Waals surface area contributed by atoms with Gasteiger partial charge in [0.1, 0.15) is 11.6 Å². The highest BCUT2D eigenvalue weighted by atomic mass is 35.5. The van der Waals surface area contributed by atoms with Gasteiger partial charge in [-0.1, -0.05) is 17.2 Å². The van der Waals surface area contributed by atoms with Gasteiger partial charge in [-0.15, -0.1) is 0 Å². The number of anilines is 1. The highest BCUT2D eigenvalue weighted by molar-refractivity contribution is 6.30. The molecule has 0 aliphatic carbocycles. The Labute approximate surface area is 177 Å². The van der Waals surface area contributed by atoms with Crippen LogP contribution < -0.4 is 11.1 Å². The SMILES string of the molecule is NCc1cc(NC(=O)N2CCC(=Cc3c(F)cc(Cl)cc3F)CC2)ccn1.O=CO. The van der Waals surface area contributed by atoms with E-state index in [1.165, 1.54) is 6.08 Å². The Morgan fingerprint density at radius 2 is 1.87 bits per heavy atom. The summed E-state index contributed by atoms with van der Waals surface area (Å²) in [7, 11) is 0.